The summed E-state index contributed by atoms with van der Waals surface area (Å²) in [5.74, 6) is -1.08. The molecule has 0 bridgehead atoms. The molecule has 22 heavy (non-hydrogen) atoms. The van der Waals surface area contributed by atoms with Crippen molar-refractivity contribution in [2.75, 3.05) is 0 Å². The molecule has 2 rings (SSSR count). The van der Waals surface area contributed by atoms with Gasteiger partial charge in [0.25, 0.3) is 0 Å². The van der Waals surface area contributed by atoms with Crippen molar-refractivity contribution in [3.05, 3.63) is 30.0 Å². The van der Waals surface area contributed by atoms with Crippen molar-refractivity contribution in [1.29, 1.82) is 0 Å². The minimum Gasteiger partial charge on any atom is -0.368 e. The molecule has 0 saturated carbocycles. The van der Waals surface area contributed by atoms with Crippen LogP contribution in [0, 0.1) is 11.9 Å². The average molecular weight is 319 g/mol. The maximum Gasteiger partial charge on any atom is 0.430 e. The lowest BCUT2D eigenvalue weighted by Gasteiger charge is -2.32. The van der Waals surface area contributed by atoms with Gasteiger partial charge in [-0.2, -0.15) is 17.6 Å². The summed E-state index contributed by atoms with van der Waals surface area (Å²) in [4.78, 5) is 6.12. The number of fused-ring (bicyclic) bond motifs is 1. The van der Waals surface area contributed by atoms with E-state index in [1.807, 2.05) is 0 Å². The molecule has 8 heteroatoms. The molecule has 0 spiro atoms. The fourth-order valence-corrected chi connectivity index (χ4v) is 2.29. The van der Waals surface area contributed by atoms with Crippen LogP contribution in [0.5, 0.6) is 0 Å². The summed E-state index contributed by atoms with van der Waals surface area (Å²) in [7, 11) is 0. The summed E-state index contributed by atoms with van der Waals surface area (Å²) in [5.41, 5.74) is -2.54. The van der Waals surface area contributed by atoms with Gasteiger partial charge < -0.3 is 10.1 Å². The largest absolute Gasteiger partial charge is 0.430 e. The molecule has 1 unspecified atom stereocenters. The SMILES string of the molecule is CC(C)CC(O)(NCc1cc2ccnc(F)c2[nH]1)C(F)(F)F. The summed E-state index contributed by atoms with van der Waals surface area (Å²) in [6.45, 7) is 2.89. The Balaban J connectivity index is 2.19. The third kappa shape index (κ3) is 3.38. The quantitative estimate of drug-likeness (QED) is 0.451. The second kappa shape index (κ2) is 5.85. The second-order valence-electron chi connectivity index (χ2n) is 5.67. The van der Waals surface area contributed by atoms with Crippen LogP contribution in [-0.2, 0) is 6.54 Å². The summed E-state index contributed by atoms with van der Waals surface area (Å²) < 4.78 is 52.6. The normalized spacial score (nSPS) is 15.5. The minimum atomic E-state index is -4.81. The number of hydrogen-bond acceptors (Lipinski definition) is 3. The second-order valence-corrected chi connectivity index (χ2v) is 5.67. The highest BCUT2D eigenvalue weighted by molar-refractivity contribution is 5.79. The molecule has 122 valence electrons. The lowest BCUT2D eigenvalue weighted by molar-refractivity contribution is -0.279. The van der Waals surface area contributed by atoms with Gasteiger partial charge in [0, 0.05) is 30.2 Å². The van der Waals surface area contributed by atoms with Gasteiger partial charge in [-0.05, 0) is 18.1 Å². The Morgan fingerprint density at radius 3 is 2.59 bits per heavy atom. The smallest absolute Gasteiger partial charge is 0.368 e. The summed E-state index contributed by atoms with van der Waals surface area (Å²) in [6.07, 6.45) is -4.02. The Morgan fingerprint density at radius 2 is 2.05 bits per heavy atom. The van der Waals surface area contributed by atoms with E-state index in [4.69, 9.17) is 0 Å². The maximum absolute atomic E-state index is 13.4. The molecule has 3 N–H and O–H groups in total. The van der Waals surface area contributed by atoms with Crippen molar-refractivity contribution in [1.82, 2.24) is 15.3 Å². The first-order valence-corrected chi connectivity index (χ1v) is 6.78. The first-order chi connectivity index (χ1) is 10.1. The third-order valence-corrected chi connectivity index (χ3v) is 3.30. The molecule has 0 aliphatic rings. The Kier molecular flexibility index (Phi) is 4.44. The standard InChI is InChI=1S/C14H17F4N3O/c1-8(2)6-13(22,14(16,17)18)20-7-10-5-9-3-4-19-12(15)11(9)21-10/h3-5,8,20-22H,6-7H2,1-2H3. The Bertz CT molecular complexity index is 653. The number of aromatic amines is 1. The predicted molar refractivity (Wildman–Crippen MR) is 73.4 cm³/mol. The molecule has 0 saturated heterocycles. The molecule has 0 aliphatic heterocycles. The lowest BCUT2D eigenvalue weighted by Crippen LogP contribution is -2.57. The van der Waals surface area contributed by atoms with Crippen molar-refractivity contribution in [2.24, 2.45) is 5.92 Å². The number of rotatable bonds is 5. The van der Waals surface area contributed by atoms with E-state index in [9.17, 15) is 22.7 Å². The number of hydrogen-bond donors (Lipinski definition) is 3. The molecular weight excluding hydrogens is 302 g/mol. The Hall–Kier alpha value is -1.67. The monoisotopic (exact) mass is 319 g/mol. The first kappa shape index (κ1) is 16.7. The van der Waals surface area contributed by atoms with E-state index < -0.39 is 24.3 Å². The average Bonchev–Trinajstić information content (AvgIpc) is 2.79. The van der Waals surface area contributed by atoms with E-state index >= 15 is 0 Å². The van der Waals surface area contributed by atoms with Crippen LogP contribution in [0.4, 0.5) is 17.6 Å². The molecule has 0 fully saturated rings. The van der Waals surface area contributed by atoms with E-state index in [1.54, 1.807) is 19.9 Å². The van der Waals surface area contributed by atoms with Gasteiger partial charge in [-0.1, -0.05) is 13.8 Å². The highest BCUT2D eigenvalue weighted by atomic mass is 19.4. The molecule has 1 atom stereocenters. The van der Waals surface area contributed by atoms with E-state index in [1.165, 1.54) is 12.3 Å². The van der Waals surface area contributed by atoms with Crippen LogP contribution in [-0.4, -0.2) is 27.0 Å². The Morgan fingerprint density at radius 1 is 1.36 bits per heavy atom. The topological polar surface area (TPSA) is 60.9 Å². The van der Waals surface area contributed by atoms with Gasteiger partial charge in [0.05, 0.1) is 0 Å². The van der Waals surface area contributed by atoms with Crippen LogP contribution in [0.2, 0.25) is 0 Å². The highest BCUT2D eigenvalue weighted by Crippen LogP contribution is 2.33. The number of alkyl halides is 3. The zero-order valence-electron chi connectivity index (χ0n) is 12.1. The predicted octanol–water partition coefficient (Wildman–Crippen LogP) is 3.09. The first-order valence-electron chi connectivity index (χ1n) is 6.78. The minimum absolute atomic E-state index is 0.124. The molecule has 0 aromatic carbocycles. The van der Waals surface area contributed by atoms with Gasteiger partial charge in [0.15, 0.2) is 0 Å². The summed E-state index contributed by atoms with van der Waals surface area (Å²) >= 11 is 0. The maximum atomic E-state index is 13.4. The number of halogens is 4. The fraction of sp³-hybridized carbons (Fsp3) is 0.500. The number of pyridine rings is 1. The molecular formula is C14H17F4N3O. The van der Waals surface area contributed by atoms with Gasteiger partial charge in [-0.15, -0.1) is 0 Å². The summed E-state index contributed by atoms with van der Waals surface area (Å²) in [5, 5.41) is 12.5. The van der Waals surface area contributed by atoms with Crippen LogP contribution in [0.25, 0.3) is 10.9 Å². The van der Waals surface area contributed by atoms with E-state index in [-0.39, 0.29) is 18.0 Å². The van der Waals surface area contributed by atoms with Crippen LogP contribution in [0.15, 0.2) is 18.3 Å². The van der Waals surface area contributed by atoms with Crippen molar-refractivity contribution >= 4 is 10.9 Å². The fourth-order valence-electron chi connectivity index (χ4n) is 2.29. The zero-order chi connectivity index (χ0) is 16.5. The van der Waals surface area contributed by atoms with Crippen LogP contribution >= 0.6 is 0 Å². The number of aliphatic hydroxyl groups is 1. The van der Waals surface area contributed by atoms with E-state index in [0.29, 0.717) is 11.1 Å². The summed E-state index contributed by atoms with van der Waals surface area (Å²) in [6, 6.07) is 3.06. The van der Waals surface area contributed by atoms with Crippen molar-refractivity contribution in [2.45, 2.75) is 38.7 Å². The zero-order valence-corrected chi connectivity index (χ0v) is 12.1. The van der Waals surface area contributed by atoms with Crippen LogP contribution in [0.1, 0.15) is 26.0 Å². The van der Waals surface area contributed by atoms with Crippen LogP contribution in [0.3, 0.4) is 0 Å². The highest BCUT2D eigenvalue weighted by Gasteiger charge is 2.53. The number of nitrogens with zero attached hydrogens (tertiary/aromatic N) is 1. The molecule has 4 nitrogen and oxygen atoms in total. The molecule has 2 heterocycles. The van der Waals surface area contributed by atoms with Crippen molar-refractivity contribution in [3.63, 3.8) is 0 Å². The van der Waals surface area contributed by atoms with Crippen molar-refractivity contribution in [3.8, 4) is 0 Å². The molecule has 2 aromatic heterocycles. The number of nitrogens with one attached hydrogen (secondary N) is 2. The Labute approximate surface area is 124 Å². The van der Waals surface area contributed by atoms with E-state index in [0.717, 1.165) is 0 Å². The molecule has 0 amide bonds. The van der Waals surface area contributed by atoms with Crippen LogP contribution < -0.4 is 5.32 Å². The van der Waals surface area contributed by atoms with E-state index in [2.05, 4.69) is 15.3 Å². The van der Waals surface area contributed by atoms with Gasteiger partial charge >= 0.3 is 6.18 Å². The third-order valence-electron chi connectivity index (χ3n) is 3.30. The number of H-pyrrole nitrogens is 1. The molecule has 0 aliphatic carbocycles. The molecule has 0 radical (unpaired) electrons. The molecule has 2 aromatic rings. The number of aromatic nitrogens is 2. The van der Waals surface area contributed by atoms with Gasteiger partial charge in [-0.25, -0.2) is 4.98 Å². The van der Waals surface area contributed by atoms with Gasteiger partial charge in [-0.3, -0.25) is 5.32 Å². The van der Waals surface area contributed by atoms with Gasteiger partial charge in [0.2, 0.25) is 11.7 Å². The van der Waals surface area contributed by atoms with Crippen molar-refractivity contribution < 1.29 is 22.7 Å². The van der Waals surface area contributed by atoms with Gasteiger partial charge in [0.1, 0.15) is 5.52 Å². The lowest BCUT2D eigenvalue weighted by atomic mass is 9.99.